The Bertz CT molecular complexity index is 117. The monoisotopic (exact) mass is 280 g/mol. The van der Waals surface area contributed by atoms with Crippen LogP contribution in [0.25, 0.3) is 0 Å². The Morgan fingerprint density at radius 3 is 1.24 bits per heavy atom. The molecule has 0 spiro atoms. The van der Waals surface area contributed by atoms with Crippen molar-refractivity contribution in [3.63, 3.8) is 0 Å². The predicted molar refractivity (Wildman–Crippen MR) is 93.7 cm³/mol. The molecule has 0 heterocycles. The molecule has 108 valence electrons. The summed E-state index contributed by atoms with van der Waals surface area (Å²) in [5.74, 6) is 0. The fraction of sp³-hybridized carbons (Fsp3) is 1.00. The Hall–Kier alpha value is 0.860. The molecule has 0 aliphatic rings. The number of rotatable bonds is 9. The summed E-state index contributed by atoms with van der Waals surface area (Å²) in [6, 6.07) is 0. The molecule has 2 heteroatoms. The van der Waals surface area contributed by atoms with E-state index in [0.29, 0.717) is 0 Å². The maximum absolute atomic E-state index is 2.49. The zero-order chi connectivity index (χ0) is 13.6. The average Bonchev–Trinajstić information content (AvgIpc) is 2.38. The molecule has 0 bridgehead atoms. The molecule has 0 rings (SSSR count). The van der Waals surface area contributed by atoms with E-state index in [4.69, 9.17) is 0 Å². The Morgan fingerprint density at radius 2 is 1.06 bits per heavy atom. The quantitative estimate of drug-likeness (QED) is 0.376. The summed E-state index contributed by atoms with van der Waals surface area (Å²) in [5, 5.41) is 0. The topological polar surface area (TPSA) is 0 Å². The van der Waals surface area contributed by atoms with E-state index in [1.54, 1.807) is 0 Å². The van der Waals surface area contributed by atoms with Crippen LogP contribution in [0.3, 0.4) is 0 Å². The van der Waals surface area contributed by atoms with E-state index in [9.17, 15) is 0 Å². The molecule has 0 N–H and O–H groups in total. The van der Waals surface area contributed by atoms with Gasteiger partial charge in [0.1, 0.15) is 0 Å². The van der Waals surface area contributed by atoms with Gasteiger partial charge in [-0.15, -0.1) is 8.58 Å². The second kappa shape index (κ2) is 14.9. The van der Waals surface area contributed by atoms with Crippen LogP contribution >= 0.6 is 15.8 Å². The van der Waals surface area contributed by atoms with E-state index in [0.717, 1.165) is 0 Å². The molecule has 0 unspecified atom stereocenters. The van der Waals surface area contributed by atoms with Gasteiger partial charge in [-0.05, 0) is 25.2 Å². The van der Waals surface area contributed by atoms with Crippen molar-refractivity contribution in [1.82, 2.24) is 0 Å². The summed E-state index contributed by atoms with van der Waals surface area (Å²) < 4.78 is 0. The summed E-state index contributed by atoms with van der Waals surface area (Å²) in [7, 11) is 0.575. The first kappa shape index (κ1) is 20.2. The third-order valence-corrected chi connectivity index (χ3v) is 10.5. The molecule has 0 aliphatic carbocycles. The minimum absolute atomic E-state index is 0.671. The van der Waals surface area contributed by atoms with E-state index in [1.807, 2.05) is 0 Å². The molecular weight excluding hydrogens is 242 g/mol. The molecule has 0 aliphatic heterocycles. The van der Waals surface area contributed by atoms with Crippen molar-refractivity contribution < 1.29 is 0 Å². The van der Waals surface area contributed by atoms with Gasteiger partial charge in [0.05, 0.1) is 0 Å². The normalized spacial score (nSPS) is 11.9. The van der Waals surface area contributed by atoms with Crippen molar-refractivity contribution in [3.8, 4) is 0 Å². The van der Waals surface area contributed by atoms with Crippen LogP contribution in [0, 0.1) is 0 Å². The zero-order valence-corrected chi connectivity index (χ0v) is 15.4. The van der Waals surface area contributed by atoms with E-state index in [2.05, 4.69) is 41.3 Å². The third kappa shape index (κ3) is 14.8. The van der Waals surface area contributed by atoms with E-state index in [-0.39, 0.29) is 0 Å². The molecule has 0 aromatic carbocycles. The Kier molecular flexibility index (Phi) is 17.7. The second-order valence-electron chi connectivity index (χ2n) is 5.33. The summed E-state index contributed by atoms with van der Waals surface area (Å²) in [6.45, 7) is 14.0. The average molecular weight is 280 g/mol. The fourth-order valence-corrected chi connectivity index (χ4v) is 4.44. The van der Waals surface area contributed by atoms with Crippen LogP contribution in [0.5, 0.6) is 0 Å². The van der Waals surface area contributed by atoms with Gasteiger partial charge in [0.2, 0.25) is 0 Å². The molecule has 0 amide bonds. The SMILES string of the molecule is CCCCPCCCC.CC[PH](C)(CC)CC. The van der Waals surface area contributed by atoms with Crippen molar-refractivity contribution in [2.24, 2.45) is 0 Å². The van der Waals surface area contributed by atoms with Crippen LogP contribution in [0.15, 0.2) is 0 Å². The summed E-state index contributed by atoms with van der Waals surface area (Å²) in [4.78, 5) is 0. The number of unbranched alkanes of at least 4 members (excludes halogenated alkanes) is 2. The van der Waals surface area contributed by atoms with Crippen molar-refractivity contribution in [3.05, 3.63) is 0 Å². The van der Waals surface area contributed by atoms with Crippen molar-refractivity contribution in [2.75, 3.05) is 37.5 Å². The van der Waals surface area contributed by atoms with Gasteiger partial charge in [0.25, 0.3) is 0 Å². The van der Waals surface area contributed by atoms with Gasteiger partial charge in [-0.1, -0.05) is 26.7 Å². The number of hydrogen-bond donors (Lipinski definition) is 0. The van der Waals surface area contributed by atoms with Crippen LogP contribution in [-0.4, -0.2) is 37.5 Å². The third-order valence-electron chi connectivity index (χ3n) is 3.97. The molecular formula is C15H38P2. The number of hydrogen-bond acceptors (Lipinski definition) is 0. The molecule has 0 saturated heterocycles. The van der Waals surface area contributed by atoms with Gasteiger partial charge in [-0.3, -0.25) is 0 Å². The zero-order valence-electron chi connectivity index (χ0n) is 13.4. The molecule has 0 nitrogen and oxygen atoms in total. The maximum atomic E-state index is 2.49. The van der Waals surface area contributed by atoms with Gasteiger partial charge in [0.15, 0.2) is 0 Å². The first-order chi connectivity index (χ1) is 8.10. The minimum atomic E-state index is -0.671. The summed E-state index contributed by atoms with van der Waals surface area (Å²) in [6.07, 6.45) is 13.0. The van der Waals surface area contributed by atoms with Gasteiger partial charge in [-0.25, -0.2) is 0 Å². The van der Waals surface area contributed by atoms with Gasteiger partial charge < -0.3 is 0 Å². The van der Waals surface area contributed by atoms with E-state index in [1.165, 1.54) is 65.1 Å². The summed E-state index contributed by atoms with van der Waals surface area (Å²) in [5.41, 5.74) is 0. The Labute approximate surface area is 114 Å². The molecule has 0 saturated carbocycles. The van der Waals surface area contributed by atoms with Crippen LogP contribution in [0.4, 0.5) is 0 Å². The van der Waals surface area contributed by atoms with Crippen molar-refractivity contribution in [2.45, 2.75) is 60.3 Å². The molecule has 0 atom stereocenters. The van der Waals surface area contributed by atoms with Crippen LogP contribution in [-0.2, 0) is 0 Å². The van der Waals surface area contributed by atoms with Crippen molar-refractivity contribution >= 4 is 15.8 Å². The van der Waals surface area contributed by atoms with Crippen LogP contribution < -0.4 is 0 Å². The molecule has 17 heavy (non-hydrogen) atoms. The van der Waals surface area contributed by atoms with Crippen LogP contribution in [0.1, 0.15) is 60.3 Å². The second-order valence-corrected chi connectivity index (χ2v) is 12.6. The molecule has 0 fully saturated rings. The molecule has 0 aromatic rings. The van der Waals surface area contributed by atoms with Crippen LogP contribution in [0.2, 0.25) is 0 Å². The van der Waals surface area contributed by atoms with E-state index < -0.39 is 7.26 Å². The first-order valence-corrected chi connectivity index (χ1v) is 12.3. The fourth-order valence-electron chi connectivity index (χ4n) is 1.48. The van der Waals surface area contributed by atoms with Gasteiger partial charge >= 0.3 is 53.2 Å². The van der Waals surface area contributed by atoms with Crippen molar-refractivity contribution in [1.29, 1.82) is 0 Å². The first-order valence-electron chi connectivity index (χ1n) is 7.80. The molecule has 0 radical (unpaired) electrons. The standard InChI is InChI=1S/C8H19P.C7H19P/c1-3-5-7-9-8-6-4-2;1-5-8(4,6-2)7-3/h9H,3-8H2,1-2H3;8H,5-7H2,1-4H3. The molecule has 0 aromatic heterocycles. The Balaban J connectivity index is 0. The predicted octanol–water partition coefficient (Wildman–Crippen LogP) is 5.69. The Morgan fingerprint density at radius 1 is 0.706 bits per heavy atom. The van der Waals surface area contributed by atoms with Gasteiger partial charge in [-0.2, -0.15) is 0 Å². The van der Waals surface area contributed by atoms with Gasteiger partial charge in [0, 0.05) is 0 Å². The van der Waals surface area contributed by atoms with E-state index >= 15 is 0 Å². The summed E-state index contributed by atoms with van der Waals surface area (Å²) >= 11 is 0.